The van der Waals surface area contributed by atoms with E-state index in [4.69, 9.17) is 4.74 Å². The molecule has 0 aliphatic carbocycles. The number of aromatic nitrogens is 1. The maximum Gasteiger partial charge on any atom is 0.431 e. The SMILES string of the molecule is O=C1CN(C(=O)c2c(-c3ccc(F)cc3)cc(C(F)(F)F)n2CC2CCCO2)CCN1. The lowest BCUT2D eigenvalue weighted by Gasteiger charge is -2.28. The van der Waals surface area contributed by atoms with Gasteiger partial charge in [0.1, 0.15) is 17.2 Å². The molecule has 2 aliphatic rings. The van der Waals surface area contributed by atoms with Crippen LogP contribution in [0.5, 0.6) is 0 Å². The van der Waals surface area contributed by atoms with Crippen LogP contribution in [0.2, 0.25) is 0 Å². The van der Waals surface area contributed by atoms with Gasteiger partial charge in [0.05, 0.1) is 12.6 Å². The van der Waals surface area contributed by atoms with E-state index in [2.05, 4.69) is 5.32 Å². The number of hydrogen-bond acceptors (Lipinski definition) is 3. The fourth-order valence-electron chi connectivity index (χ4n) is 4.01. The quantitative estimate of drug-likeness (QED) is 0.745. The van der Waals surface area contributed by atoms with Crippen molar-refractivity contribution in [1.29, 1.82) is 0 Å². The first-order chi connectivity index (χ1) is 14.7. The van der Waals surface area contributed by atoms with Gasteiger partial charge in [0.2, 0.25) is 5.91 Å². The zero-order valence-electron chi connectivity index (χ0n) is 16.5. The van der Waals surface area contributed by atoms with E-state index in [-0.39, 0.29) is 48.9 Å². The molecule has 0 radical (unpaired) electrons. The zero-order chi connectivity index (χ0) is 22.2. The maximum atomic E-state index is 14.0. The largest absolute Gasteiger partial charge is 0.431 e. The molecule has 1 aromatic carbocycles. The number of amides is 2. The van der Waals surface area contributed by atoms with Gasteiger partial charge in [-0.05, 0) is 36.6 Å². The van der Waals surface area contributed by atoms with E-state index in [0.29, 0.717) is 13.0 Å². The van der Waals surface area contributed by atoms with Gasteiger partial charge in [-0.2, -0.15) is 13.2 Å². The molecule has 0 spiro atoms. The zero-order valence-corrected chi connectivity index (χ0v) is 16.5. The summed E-state index contributed by atoms with van der Waals surface area (Å²) in [4.78, 5) is 26.4. The summed E-state index contributed by atoms with van der Waals surface area (Å²) >= 11 is 0. The molecular weight excluding hydrogens is 418 g/mol. The van der Waals surface area contributed by atoms with Crippen molar-refractivity contribution < 1.29 is 31.9 Å². The van der Waals surface area contributed by atoms with Crippen molar-refractivity contribution in [2.45, 2.75) is 31.7 Å². The number of benzene rings is 1. The molecular formula is C21H21F4N3O3. The Kier molecular flexibility index (Phi) is 5.74. The van der Waals surface area contributed by atoms with Crippen LogP contribution in [0.15, 0.2) is 30.3 Å². The monoisotopic (exact) mass is 439 g/mol. The van der Waals surface area contributed by atoms with Crippen molar-refractivity contribution in [2.24, 2.45) is 0 Å². The smallest absolute Gasteiger partial charge is 0.376 e. The molecule has 1 unspecified atom stereocenters. The average Bonchev–Trinajstić information content (AvgIpc) is 3.36. The van der Waals surface area contributed by atoms with E-state index in [1.165, 1.54) is 17.0 Å². The number of alkyl halides is 3. The van der Waals surface area contributed by atoms with Crippen molar-refractivity contribution in [3.05, 3.63) is 47.5 Å². The number of halogens is 4. The van der Waals surface area contributed by atoms with E-state index in [1.54, 1.807) is 0 Å². The van der Waals surface area contributed by atoms with Gasteiger partial charge in [-0.25, -0.2) is 4.39 Å². The van der Waals surface area contributed by atoms with Crippen LogP contribution >= 0.6 is 0 Å². The third kappa shape index (κ3) is 4.43. The van der Waals surface area contributed by atoms with E-state index in [0.717, 1.165) is 29.2 Å². The Balaban J connectivity index is 1.86. The molecule has 6 nitrogen and oxygen atoms in total. The Hall–Kier alpha value is -2.88. The average molecular weight is 439 g/mol. The first-order valence-electron chi connectivity index (χ1n) is 9.98. The summed E-state index contributed by atoms with van der Waals surface area (Å²) in [5.74, 6) is -1.60. The second-order valence-corrected chi connectivity index (χ2v) is 7.62. The van der Waals surface area contributed by atoms with Gasteiger partial charge >= 0.3 is 6.18 Å². The van der Waals surface area contributed by atoms with Crippen LogP contribution in [-0.2, 0) is 22.3 Å². The first kappa shape index (κ1) is 21.4. The normalized spacial score (nSPS) is 19.5. The summed E-state index contributed by atoms with van der Waals surface area (Å²) in [7, 11) is 0. The first-order valence-corrected chi connectivity index (χ1v) is 9.98. The molecule has 0 saturated carbocycles. The lowest BCUT2D eigenvalue weighted by atomic mass is 10.0. The van der Waals surface area contributed by atoms with Crippen LogP contribution in [0.1, 0.15) is 29.0 Å². The van der Waals surface area contributed by atoms with Crippen LogP contribution in [0.25, 0.3) is 11.1 Å². The number of piperazine rings is 1. The third-order valence-corrected chi connectivity index (χ3v) is 5.48. The highest BCUT2D eigenvalue weighted by atomic mass is 19.4. The number of rotatable bonds is 4. The molecule has 1 aromatic heterocycles. The van der Waals surface area contributed by atoms with Crippen molar-refractivity contribution in [2.75, 3.05) is 26.2 Å². The fraction of sp³-hybridized carbons (Fsp3) is 0.429. The van der Waals surface area contributed by atoms with E-state index in [1.807, 2.05) is 0 Å². The Morgan fingerprint density at radius 1 is 1.23 bits per heavy atom. The van der Waals surface area contributed by atoms with E-state index in [9.17, 15) is 27.2 Å². The van der Waals surface area contributed by atoms with Crippen LogP contribution < -0.4 is 5.32 Å². The van der Waals surface area contributed by atoms with Crippen molar-refractivity contribution in [1.82, 2.24) is 14.8 Å². The van der Waals surface area contributed by atoms with Gasteiger partial charge in [0.25, 0.3) is 5.91 Å². The van der Waals surface area contributed by atoms with Crippen LogP contribution in [0.4, 0.5) is 17.6 Å². The van der Waals surface area contributed by atoms with Crippen LogP contribution in [0, 0.1) is 5.82 Å². The van der Waals surface area contributed by atoms with Gasteiger partial charge in [-0.1, -0.05) is 12.1 Å². The second-order valence-electron chi connectivity index (χ2n) is 7.62. The lowest BCUT2D eigenvalue weighted by Crippen LogP contribution is -2.50. The van der Waals surface area contributed by atoms with Gasteiger partial charge in [-0.15, -0.1) is 0 Å². The van der Waals surface area contributed by atoms with Gasteiger partial charge in [-0.3, -0.25) is 9.59 Å². The molecule has 3 heterocycles. The molecule has 31 heavy (non-hydrogen) atoms. The number of ether oxygens (including phenoxy) is 1. The highest BCUT2D eigenvalue weighted by Gasteiger charge is 2.40. The Morgan fingerprint density at radius 3 is 2.58 bits per heavy atom. The highest BCUT2D eigenvalue weighted by molar-refractivity contribution is 6.01. The minimum absolute atomic E-state index is 0.0429. The summed E-state index contributed by atoms with van der Waals surface area (Å²) in [6.07, 6.45) is -3.86. The molecule has 1 N–H and O–H groups in total. The van der Waals surface area contributed by atoms with Crippen molar-refractivity contribution in [3.63, 3.8) is 0 Å². The molecule has 1 atom stereocenters. The number of nitrogens with zero attached hydrogens (tertiary/aromatic N) is 2. The molecule has 2 saturated heterocycles. The Morgan fingerprint density at radius 2 is 1.97 bits per heavy atom. The minimum Gasteiger partial charge on any atom is -0.376 e. The summed E-state index contributed by atoms with van der Waals surface area (Å²) in [6.45, 7) is 0.466. The van der Waals surface area contributed by atoms with Gasteiger partial charge in [0.15, 0.2) is 0 Å². The summed E-state index contributed by atoms with van der Waals surface area (Å²) in [5.41, 5.74) is -0.833. The standard InChI is InChI=1S/C21H21F4N3O3/c22-14-5-3-13(4-6-14)16-10-17(21(23,24)25)28(11-15-2-1-9-31-15)19(16)20(30)27-8-7-26-18(29)12-27/h3-6,10,15H,1-2,7-9,11-12H2,(H,26,29). The third-order valence-electron chi connectivity index (χ3n) is 5.48. The predicted octanol–water partition coefficient (Wildman–Crippen LogP) is 3.06. The second kappa shape index (κ2) is 8.33. The predicted molar refractivity (Wildman–Crippen MR) is 103 cm³/mol. The molecule has 2 aliphatic heterocycles. The Bertz CT molecular complexity index is 979. The lowest BCUT2D eigenvalue weighted by molar-refractivity contribution is -0.144. The van der Waals surface area contributed by atoms with Gasteiger partial charge < -0.3 is 19.5 Å². The van der Waals surface area contributed by atoms with E-state index >= 15 is 0 Å². The molecule has 166 valence electrons. The summed E-state index contributed by atoms with van der Waals surface area (Å²) < 4.78 is 61.7. The van der Waals surface area contributed by atoms with Crippen molar-refractivity contribution in [3.8, 4) is 11.1 Å². The molecule has 2 amide bonds. The summed E-state index contributed by atoms with van der Waals surface area (Å²) in [5, 5.41) is 2.59. The van der Waals surface area contributed by atoms with Crippen LogP contribution in [-0.4, -0.2) is 53.6 Å². The molecule has 0 bridgehead atoms. The minimum atomic E-state index is -4.72. The molecule has 2 aromatic rings. The number of carbonyl (C=O) groups is 2. The van der Waals surface area contributed by atoms with Crippen molar-refractivity contribution >= 4 is 11.8 Å². The van der Waals surface area contributed by atoms with Gasteiger partial charge in [0, 0.05) is 31.8 Å². The van der Waals surface area contributed by atoms with Crippen LogP contribution in [0.3, 0.4) is 0 Å². The topological polar surface area (TPSA) is 63.6 Å². The summed E-state index contributed by atoms with van der Waals surface area (Å²) in [6, 6.07) is 5.84. The number of carbonyl (C=O) groups excluding carboxylic acids is 2. The molecule has 4 rings (SSSR count). The van der Waals surface area contributed by atoms with E-state index < -0.39 is 29.7 Å². The molecule has 10 heteroatoms. The molecule has 2 fully saturated rings. The maximum absolute atomic E-state index is 14.0. The number of hydrogen-bond donors (Lipinski definition) is 1. The Labute approximate surface area is 175 Å². The highest BCUT2D eigenvalue weighted by Crippen LogP contribution is 2.38. The fourth-order valence-corrected chi connectivity index (χ4v) is 4.01. The number of nitrogens with one attached hydrogen (secondary N) is 1.